The van der Waals surface area contributed by atoms with Crippen LogP contribution in [0.5, 0.6) is 0 Å². The topological polar surface area (TPSA) is 27.1 Å². The molecule has 1 atom stereocenters. The number of hydrogen-bond donors (Lipinski definition) is 0. The molecule has 1 aliphatic rings. The molecule has 0 amide bonds. The summed E-state index contributed by atoms with van der Waals surface area (Å²) >= 11 is 0. The van der Waals surface area contributed by atoms with E-state index in [0.29, 0.717) is 12.3 Å². The van der Waals surface area contributed by atoms with E-state index < -0.39 is 6.43 Å². The number of aromatic nitrogens is 2. The third kappa shape index (κ3) is 3.49. The van der Waals surface area contributed by atoms with Gasteiger partial charge in [0.15, 0.2) is 0 Å². The van der Waals surface area contributed by atoms with E-state index in [1.165, 1.54) is 10.9 Å². The second-order valence-corrected chi connectivity index (χ2v) is 3.77. The molecule has 1 aromatic rings. The summed E-state index contributed by atoms with van der Waals surface area (Å²) in [6, 6.07) is 0. The number of hydrogen-bond acceptors (Lipinski definition) is 2. The van der Waals surface area contributed by atoms with Gasteiger partial charge in [-0.3, -0.25) is 0 Å². The first-order valence-electron chi connectivity index (χ1n) is 6.14. The first-order chi connectivity index (χ1) is 8.18. The molecule has 17 heavy (non-hydrogen) atoms. The SMILES string of the molecule is CC.Cc1nn(C2CCCCO2)cc1C(F)F. The summed E-state index contributed by atoms with van der Waals surface area (Å²) in [5.41, 5.74) is 0.392. The molecule has 1 saturated heterocycles. The van der Waals surface area contributed by atoms with Gasteiger partial charge in [0.05, 0.1) is 11.3 Å². The monoisotopic (exact) mass is 246 g/mol. The standard InChI is InChI=1S/C10H14F2N2O.C2H6/c1-7-8(10(11)12)6-14(13-7)9-4-2-3-5-15-9;1-2/h6,9-10H,2-5H2,1H3;1-2H3. The fraction of sp³-hybridized carbons (Fsp3) is 0.750. The van der Waals surface area contributed by atoms with Crippen LogP contribution in [0.1, 0.15) is 57.0 Å². The van der Waals surface area contributed by atoms with Gasteiger partial charge in [-0.1, -0.05) is 13.8 Å². The molecule has 1 aliphatic heterocycles. The van der Waals surface area contributed by atoms with Gasteiger partial charge in [-0.25, -0.2) is 13.5 Å². The molecule has 3 nitrogen and oxygen atoms in total. The molecule has 0 saturated carbocycles. The van der Waals surface area contributed by atoms with Crippen LogP contribution in [0.15, 0.2) is 6.20 Å². The number of alkyl halides is 2. The first kappa shape index (κ1) is 14.1. The van der Waals surface area contributed by atoms with Crippen molar-refractivity contribution in [1.29, 1.82) is 0 Å². The van der Waals surface area contributed by atoms with E-state index in [4.69, 9.17) is 4.74 Å². The van der Waals surface area contributed by atoms with Crippen molar-refractivity contribution < 1.29 is 13.5 Å². The van der Waals surface area contributed by atoms with Crippen molar-refractivity contribution in [3.05, 3.63) is 17.5 Å². The Morgan fingerprint density at radius 2 is 2.12 bits per heavy atom. The molecule has 98 valence electrons. The molecule has 2 rings (SSSR count). The van der Waals surface area contributed by atoms with Crippen molar-refractivity contribution in [2.45, 2.75) is 52.7 Å². The highest BCUT2D eigenvalue weighted by Gasteiger charge is 2.20. The molecule has 0 spiro atoms. The van der Waals surface area contributed by atoms with Crippen molar-refractivity contribution >= 4 is 0 Å². The Kier molecular flexibility index (Phi) is 5.55. The molecule has 0 aromatic carbocycles. The summed E-state index contributed by atoms with van der Waals surface area (Å²) in [5.74, 6) is 0. The largest absolute Gasteiger partial charge is 0.357 e. The van der Waals surface area contributed by atoms with Crippen molar-refractivity contribution in [2.24, 2.45) is 0 Å². The number of ether oxygens (including phenoxy) is 1. The minimum Gasteiger partial charge on any atom is -0.357 e. The molecule has 0 aliphatic carbocycles. The van der Waals surface area contributed by atoms with Crippen LogP contribution in [0.4, 0.5) is 8.78 Å². The summed E-state index contributed by atoms with van der Waals surface area (Å²) in [6.07, 6.45) is 1.73. The number of rotatable bonds is 2. The zero-order valence-corrected chi connectivity index (χ0v) is 10.6. The first-order valence-corrected chi connectivity index (χ1v) is 6.14. The predicted molar refractivity (Wildman–Crippen MR) is 62.1 cm³/mol. The van der Waals surface area contributed by atoms with Crippen molar-refractivity contribution in [3.8, 4) is 0 Å². The summed E-state index contributed by atoms with van der Waals surface area (Å²) in [6.45, 7) is 6.29. The predicted octanol–water partition coefficient (Wildman–Crippen LogP) is 3.85. The fourth-order valence-electron chi connectivity index (χ4n) is 1.79. The Balaban J connectivity index is 0.000000686. The smallest absolute Gasteiger partial charge is 0.267 e. The van der Waals surface area contributed by atoms with E-state index in [1.807, 2.05) is 13.8 Å². The highest BCUT2D eigenvalue weighted by atomic mass is 19.3. The third-order valence-electron chi connectivity index (χ3n) is 2.64. The van der Waals surface area contributed by atoms with Gasteiger partial charge in [0.1, 0.15) is 6.23 Å². The van der Waals surface area contributed by atoms with Crippen LogP contribution < -0.4 is 0 Å². The van der Waals surface area contributed by atoms with E-state index in [-0.39, 0.29) is 11.8 Å². The quantitative estimate of drug-likeness (QED) is 0.792. The van der Waals surface area contributed by atoms with Crippen LogP contribution in [0.2, 0.25) is 0 Å². The Labute approximate surface area is 101 Å². The normalized spacial score (nSPS) is 20.0. The van der Waals surface area contributed by atoms with Crippen molar-refractivity contribution in [1.82, 2.24) is 9.78 Å². The van der Waals surface area contributed by atoms with Crippen LogP contribution in [0.3, 0.4) is 0 Å². The second-order valence-electron chi connectivity index (χ2n) is 3.77. The molecular weight excluding hydrogens is 226 g/mol. The van der Waals surface area contributed by atoms with Crippen LogP contribution in [-0.2, 0) is 4.74 Å². The lowest BCUT2D eigenvalue weighted by atomic mass is 10.2. The molecule has 1 aromatic heterocycles. The van der Waals surface area contributed by atoms with Crippen LogP contribution in [0, 0.1) is 6.92 Å². The van der Waals surface area contributed by atoms with Gasteiger partial charge in [-0.05, 0) is 26.2 Å². The number of aryl methyl sites for hydroxylation is 1. The molecule has 0 bridgehead atoms. The van der Waals surface area contributed by atoms with Gasteiger partial charge >= 0.3 is 0 Å². The molecule has 0 N–H and O–H groups in total. The van der Waals surface area contributed by atoms with Gasteiger partial charge in [0, 0.05) is 12.8 Å². The average Bonchev–Trinajstić information content (AvgIpc) is 2.75. The lowest BCUT2D eigenvalue weighted by Gasteiger charge is -2.22. The van der Waals surface area contributed by atoms with Crippen LogP contribution in [-0.4, -0.2) is 16.4 Å². The maximum absolute atomic E-state index is 12.5. The van der Waals surface area contributed by atoms with Crippen LogP contribution in [0.25, 0.3) is 0 Å². The van der Waals surface area contributed by atoms with Gasteiger partial charge < -0.3 is 4.74 Å². The number of nitrogens with zero attached hydrogens (tertiary/aromatic N) is 2. The third-order valence-corrected chi connectivity index (χ3v) is 2.64. The minimum absolute atomic E-state index is 0.00386. The summed E-state index contributed by atoms with van der Waals surface area (Å²) in [5, 5.41) is 4.07. The molecule has 1 unspecified atom stereocenters. The minimum atomic E-state index is -2.46. The van der Waals surface area contributed by atoms with Crippen molar-refractivity contribution in [3.63, 3.8) is 0 Å². The van der Waals surface area contributed by atoms with Gasteiger partial charge in [-0.2, -0.15) is 5.10 Å². The highest BCUT2D eigenvalue weighted by Crippen LogP contribution is 2.26. The highest BCUT2D eigenvalue weighted by molar-refractivity contribution is 5.16. The lowest BCUT2D eigenvalue weighted by molar-refractivity contribution is -0.0397. The molecule has 2 heterocycles. The Hall–Kier alpha value is -0.970. The summed E-state index contributed by atoms with van der Waals surface area (Å²) < 4.78 is 32.0. The van der Waals surface area contributed by atoms with Gasteiger partial charge in [0.2, 0.25) is 0 Å². The average molecular weight is 246 g/mol. The van der Waals surface area contributed by atoms with Crippen molar-refractivity contribution in [2.75, 3.05) is 6.61 Å². The van der Waals surface area contributed by atoms with E-state index in [2.05, 4.69) is 5.10 Å². The summed E-state index contributed by atoms with van der Waals surface area (Å²) in [7, 11) is 0. The van der Waals surface area contributed by atoms with Crippen LogP contribution >= 0.6 is 0 Å². The maximum atomic E-state index is 12.5. The van der Waals surface area contributed by atoms with E-state index in [0.717, 1.165) is 19.3 Å². The second kappa shape index (κ2) is 6.69. The molecular formula is C12H20F2N2O. The maximum Gasteiger partial charge on any atom is 0.267 e. The number of halogens is 2. The molecule has 1 fully saturated rings. The Morgan fingerprint density at radius 3 is 2.59 bits per heavy atom. The lowest BCUT2D eigenvalue weighted by Crippen LogP contribution is -2.18. The van der Waals surface area contributed by atoms with E-state index >= 15 is 0 Å². The zero-order valence-electron chi connectivity index (χ0n) is 10.6. The Morgan fingerprint density at radius 1 is 1.41 bits per heavy atom. The molecule has 0 radical (unpaired) electrons. The van der Waals surface area contributed by atoms with E-state index in [1.54, 1.807) is 6.92 Å². The van der Waals surface area contributed by atoms with Gasteiger partial charge in [-0.15, -0.1) is 0 Å². The van der Waals surface area contributed by atoms with E-state index in [9.17, 15) is 8.78 Å². The Bertz CT molecular complexity index is 333. The zero-order chi connectivity index (χ0) is 12.8. The summed E-state index contributed by atoms with van der Waals surface area (Å²) in [4.78, 5) is 0. The molecule has 5 heteroatoms. The van der Waals surface area contributed by atoms with Gasteiger partial charge in [0.25, 0.3) is 6.43 Å². The fourth-order valence-corrected chi connectivity index (χ4v) is 1.79.